The Morgan fingerprint density at radius 2 is 1.89 bits per heavy atom. The molecule has 2 atom stereocenters. The summed E-state index contributed by atoms with van der Waals surface area (Å²) in [4.78, 5) is 18.8. The minimum Gasteiger partial charge on any atom is -0.497 e. The van der Waals surface area contributed by atoms with Gasteiger partial charge in [-0.2, -0.15) is 0 Å². The molecule has 1 aromatic heterocycles. The number of likely N-dealkylation sites (tertiary alicyclic amines) is 1. The molecule has 8 nitrogen and oxygen atoms in total. The molecule has 1 aromatic carbocycles. The highest BCUT2D eigenvalue weighted by molar-refractivity contribution is 5.74. The first-order chi connectivity index (χ1) is 13.6. The van der Waals surface area contributed by atoms with Crippen molar-refractivity contribution in [2.24, 2.45) is 0 Å². The molecule has 0 aliphatic carbocycles. The predicted octanol–water partition coefficient (Wildman–Crippen LogP) is 1.40. The van der Waals surface area contributed by atoms with E-state index in [0.717, 1.165) is 56.1 Å². The predicted molar refractivity (Wildman–Crippen MR) is 105 cm³/mol. The lowest BCUT2D eigenvalue weighted by molar-refractivity contribution is 0.232. The number of carbonyl (C=O) groups excluding carboxylic acids is 1. The third kappa shape index (κ3) is 4.22. The van der Waals surface area contributed by atoms with E-state index in [-0.39, 0.29) is 18.1 Å². The fraction of sp³-hybridized carbons (Fsp3) is 0.500. The average molecular weight is 385 g/mol. The number of rotatable bonds is 6. The SMILES string of the molecule is COc1cc(CN2CCC(NC(=O)NC3Cc4cncn4C3)C2)cc(OC)c1. The summed E-state index contributed by atoms with van der Waals surface area (Å²) in [7, 11) is 3.32. The van der Waals surface area contributed by atoms with Crippen LogP contribution in [0.1, 0.15) is 17.7 Å². The van der Waals surface area contributed by atoms with Gasteiger partial charge in [0.2, 0.25) is 0 Å². The van der Waals surface area contributed by atoms with E-state index in [0.29, 0.717) is 0 Å². The van der Waals surface area contributed by atoms with Crippen molar-refractivity contribution in [3.05, 3.63) is 42.0 Å². The quantitative estimate of drug-likeness (QED) is 0.786. The van der Waals surface area contributed by atoms with Crippen LogP contribution in [0.5, 0.6) is 11.5 Å². The molecule has 0 bridgehead atoms. The second-order valence-electron chi connectivity index (χ2n) is 7.50. The molecule has 0 spiro atoms. The first kappa shape index (κ1) is 18.6. The summed E-state index contributed by atoms with van der Waals surface area (Å²) >= 11 is 0. The largest absolute Gasteiger partial charge is 0.497 e. The lowest BCUT2D eigenvalue weighted by Crippen LogP contribution is -2.47. The zero-order valence-corrected chi connectivity index (χ0v) is 16.4. The fourth-order valence-electron chi connectivity index (χ4n) is 4.06. The lowest BCUT2D eigenvalue weighted by atomic mass is 10.2. The van der Waals surface area contributed by atoms with Crippen LogP contribution in [0, 0.1) is 0 Å². The van der Waals surface area contributed by atoms with Gasteiger partial charge in [-0.25, -0.2) is 9.78 Å². The zero-order valence-electron chi connectivity index (χ0n) is 16.4. The van der Waals surface area contributed by atoms with Gasteiger partial charge >= 0.3 is 6.03 Å². The highest BCUT2D eigenvalue weighted by Gasteiger charge is 2.27. The third-order valence-electron chi connectivity index (χ3n) is 5.43. The Labute approximate surface area is 164 Å². The van der Waals surface area contributed by atoms with Crippen molar-refractivity contribution >= 4 is 6.03 Å². The van der Waals surface area contributed by atoms with Gasteiger partial charge in [0, 0.05) is 56.6 Å². The van der Waals surface area contributed by atoms with Gasteiger partial charge < -0.3 is 24.7 Å². The zero-order chi connectivity index (χ0) is 19.5. The molecule has 4 rings (SSSR count). The number of nitrogens with zero attached hydrogens (tertiary/aromatic N) is 3. The monoisotopic (exact) mass is 385 g/mol. The van der Waals surface area contributed by atoms with Crippen LogP contribution in [0.15, 0.2) is 30.7 Å². The molecule has 2 unspecified atom stereocenters. The van der Waals surface area contributed by atoms with Crippen molar-refractivity contribution in [1.29, 1.82) is 0 Å². The number of aromatic nitrogens is 2. The third-order valence-corrected chi connectivity index (χ3v) is 5.43. The molecule has 2 amide bonds. The van der Waals surface area contributed by atoms with Gasteiger partial charge in [-0.05, 0) is 24.1 Å². The molecule has 150 valence electrons. The second kappa shape index (κ2) is 8.10. The maximum absolute atomic E-state index is 12.4. The number of nitrogens with one attached hydrogen (secondary N) is 2. The number of methoxy groups -OCH3 is 2. The minimum atomic E-state index is -0.0846. The van der Waals surface area contributed by atoms with E-state index in [9.17, 15) is 4.79 Å². The minimum absolute atomic E-state index is 0.0846. The maximum atomic E-state index is 12.4. The van der Waals surface area contributed by atoms with Crippen LogP contribution >= 0.6 is 0 Å². The number of imidazole rings is 1. The molecule has 1 saturated heterocycles. The molecule has 0 radical (unpaired) electrons. The maximum Gasteiger partial charge on any atom is 0.315 e. The highest BCUT2D eigenvalue weighted by Crippen LogP contribution is 2.24. The van der Waals surface area contributed by atoms with Crippen LogP contribution in [0.2, 0.25) is 0 Å². The Bertz CT molecular complexity index is 794. The summed E-state index contributed by atoms with van der Waals surface area (Å²) in [5, 5.41) is 6.20. The number of hydrogen-bond donors (Lipinski definition) is 2. The van der Waals surface area contributed by atoms with Gasteiger partial charge in [0.1, 0.15) is 11.5 Å². The van der Waals surface area contributed by atoms with E-state index < -0.39 is 0 Å². The van der Waals surface area contributed by atoms with Crippen LogP contribution in [-0.4, -0.2) is 59.9 Å². The van der Waals surface area contributed by atoms with Gasteiger partial charge in [0.25, 0.3) is 0 Å². The van der Waals surface area contributed by atoms with Crippen LogP contribution in [-0.2, 0) is 19.5 Å². The number of urea groups is 1. The lowest BCUT2D eigenvalue weighted by Gasteiger charge is -2.19. The van der Waals surface area contributed by atoms with E-state index in [4.69, 9.17) is 9.47 Å². The molecule has 2 N–H and O–H groups in total. The van der Waals surface area contributed by atoms with Crippen molar-refractivity contribution in [1.82, 2.24) is 25.1 Å². The molecular weight excluding hydrogens is 358 g/mol. The average Bonchev–Trinajstić information content (AvgIpc) is 3.38. The van der Waals surface area contributed by atoms with Crippen molar-refractivity contribution in [2.75, 3.05) is 27.3 Å². The molecule has 2 aliphatic rings. The molecular formula is C20H27N5O3. The van der Waals surface area contributed by atoms with Crippen LogP contribution in [0.25, 0.3) is 0 Å². The summed E-state index contributed by atoms with van der Waals surface area (Å²) in [6, 6.07) is 6.14. The van der Waals surface area contributed by atoms with Crippen LogP contribution in [0.3, 0.4) is 0 Å². The summed E-state index contributed by atoms with van der Waals surface area (Å²) in [6.07, 6.45) is 5.46. The van der Waals surface area contributed by atoms with Gasteiger partial charge in [-0.1, -0.05) is 0 Å². The Hall–Kier alpha value is -2.74. The van der Waals surface area contributed by atoms with Crippen molar-refractivity contribution in [2.45, 2.75) is 38.0 Å². The Morgan fingerprint density at radius 3 is 2.61 bits per heavy atom. The molecule has 2 aliphatic heterocycles. The molecule has 3 heterocycles. The second-order valence-corrected chi connectivity index (χ2v) is 7.50. The van der Waals surface area contributed by atoms with Gasteiger partial charge in [0.05, 0.1) is 26.6 Å². The van der Waals surface area contributed by atoms with Gasteiger partial charge in [0.15, 0.2) is 0 Å². The van der Waals surface area contributed by atoms with Crippen LogP contribution in [0.4, 0.5) is 4.79 Å². The highest BCUT2D eigenvalue weighted by atomic mass is 16.5. The van der Waals surface area contributed by atoms with Crippen LogP contribution < -0.4 is 20.1 Å². The molecule has 28 heavy (non-hydrogen) atoms. The molecule has 1 fully saturated rings. The van der Waals surface area contributed by atoms with Crippen molar-refractivity contribution in [3.8, 4) is 11.5 Å². The van der Waals surface area contributed by atoms with Gasteiger partial charge in [-0.15, -0.1) is 0 Å². The van der Waals surface area contributed by atoms with E-state index in [1.165, 1.54) is 5.69 Å². The Balaban J connectivity index is 1.25. The standard InChI is InChI=1S/C20H27N5O3/c1-27-18-5-14(6-19(8-18)28-2)10-24-4-3-15(11-24)22-20(26)23-16-7-17-9-21-13-25(17)12-16/h5-6,8-9,13,15-16H,3-4,7,10-12H2,1-2H3,(H2,22,23,26). The fourth-order valence-corrected chi connectivity index (χ4v) is 4.06. The smallest absolute Gasteiger partial charge is 0.315 e. The normalized spacial score (nSPS) is 21.4. The number of carbonyl (C=O) groups is 1. The summed E-state index contributed by atoms with van der Waals surface area (Å²) in [5.41, 5.74) is 2.31. The number of ether oxygens (including phenoxy) is 2. The summed E-state index contributed by atoms with van der Waals surface area (Å²) in [5.74, 6) is 1.58. The topological polar surface area (TPSA) is 80.7 Å². The molecule has 8 heteroatoms. The first-order valence-corrected chi connectivity index (χ1v) is 9.63. The van der Waals surface area contributed by atoms with Gasteiger partial charge in [-0.3, -0.25) is 4.90 Å². The summed E-state index contributed by atoms with van der Waals surface area (Å²) < 4.78 is 12.8. The first-order valence-electron chi connectivity index (χ1n) is 9.63. The van der Waals surface area contributed by atoms with E-state index in [1.54, 1.807) is 14.2 Å². The van der Waals surface area contributed by atoms with Crippen molar-refractivity contribution < 1.29 is 14.3 Å². The summed E-state index contributed by atoms with van der Waals surface area (Å²) in [6.45, 7) is 3.38. The molecule has 2 aromatic rings. The number of hydrogen-bond acceptors (Lipinski definition) is 5. The number of fused-ring (bicyclic) bond motifs is 1. The number of benzene rings is 1. The van der Waals surface area contributed by atoms with E-state index in [2.05, 4.69) is 25.1 Å². The Morgan fingerprint density at radius 1 is 1.14 bits per heavy atom. The molecule has 0 saturated carbocycles. The Kier molecular flexibility index (Phi) is 5.38. The van der Waals surface area contributed by atoms with E-state index in [1.807, 2.05) is 30.7 Å². The number of amides is 2. The van der Waals surface area contributed by atoms with Crippen molar-refractivity contribution in [3.63, 3.8) is 0 Å². The van der Waals surface area contributed by atoms with E-state index >= 15 is 0 Å².